The number of benzene rings is 1. The van der Waals surface area contributed by atoms with E-state index in [4.69, 9.17) is 9.84 Å². The Morgan fingerprint density at radius 1 is 1.05 bits per heavy atom. The number of hydrogen-bond acceptors (Lipinski definition) is 2. The third-order valence-corrected chi connectivity index (χ3v) is 1.84. The van der Waals surface area contributed by atoms with Crippen molar-refractivity contribution in [3.8, 4) is 5.75 Å². The molecule has 2 nitrogen and oxygen atoms in total. The Balaban J connectivity index is -0.000000222. The van der Waals surface area contributed by atoms with Gasteiger partial charge in [-0.15, -0.1) is 0 Å². The van der Waals surface area contributed by atoms with Crippen molar-refractivity contribution in [2.45, 2.75) is 39.5 Å². The summed E-state index contributed by atoms with van der Waals surface area (Å²) in [4.78, 5) is 0. The van der Waals surface area contributed by atoms with E-state index in [1.54, 1.807) is 0 Å². The Bertz CT molecular complexity index is 223. The van der Waals surface area contributed by atoms with Crippen LogP contribution in [0.25, 0.3) is 0 Å². The molecule has 0 unspecified atom stereocenters. The van der Waals surface area contributed by atoms with Crippen LogP contribution in [-0.2, 0) is 0 Å². The second kappa shape index (κ2) is 23.1. The van der Waals surface area contributed by atoms with Crippen molar-refractivity contribution in [2.75, 3.05) is 13.2 Å². The number of ether oxygens (including phenoxy) is 1. The quantitative estimate of drug-likeness (QED) is 0.624. The van der Waals surface area contributed by atoms with Crippen LogP contribution in [0.4, 0.5) is 0 Å². The van der Waals surface area contributed by atoms with E-state index in [1.807, 2.05) is 37.3 Å². The van der Waals surface area contributed by atoms with E-state index in [9.17, 15) is 0 Å². The van der Waals surface area contributed by atoms with Crippen molar-refractivity contribution < 1.29 is 41.0 Å². The molecular formula is C16H28O2U. The molecule has 0 atom stereocenters. The summed E-state index contributed by atoms with van der Waals surface area (Å²) in [7, 11) is 0. The Hall–Kier alpha value is 0.0319. The molecule has 0 heterocycles. The first-order valence-electron chi connectivity index (χ1n) is 6.63. The molecule has 0 radical (unpaired) electrons. The van der Waals surface area contributed by atoms with Gasteiger partial charge < -0.3 is 23.7 Å². The zero-order chi connectivity index (χ0) is 14.1. The van der Waals surface area contributed by atoms with E-state index < -0.39 is 0 Å². The third-order valence-electron chi connectivity index (χ3n) is 1.84. The van der Waals surface area contributed by atoms with Gasteiger partial charge in [-0.05, 0) is 25.2 Å². The van der Waals surface area contributed by atoms with Crippen LogP contribution in [-0.4, -0.2) is 18.3 Å². The summed E-state index contributed by atoms with van der Waals surface area (Å²) in [6.45, 7) is 12.1. The molecule has 0 saturated carbocycles. The first kappa shape index (κ1) is 24.1. The molecule has 19 heavy (non-hydrogen) atoms. The number of rotatable bonds is 5. The normalized spacial score (nSPS) is 8.05. The van der Waals surface area contributed by atoms with Crippen LogP contribution in [0.3, 0.4) is 0 Å². The minimum Gasteiger partial charge on any atom is -0.525 e. The minimum absolute atomic E-state index is 0. The number of hydrogen-bond donors (Lipinski definition) is 1. The first-order valence-corrected chi connectivity index (χ1v) is 6.63. The fraction of sp³-hybridized carbons (Fsp3) is 0.500. The Labute approximate surface area is 143 Å². The average Bonchev–Trinajstić information content (AvgIpc) is 2.42. The van der Waals surface area contributed by atoms with Crippen molar-refractivity contribution in [2.24, 2.45) is 0 Å². The number of unbranched alkanes of at least 4 members (excludes halogenated alkanes) is 2. The molecule has 0 aliphatic carbocycles. The Morgan fingerprint density at radius 2 is 1.58 bits per heavy atom. The van der Waals surface area contributed by atoms with Crippen molar-refractivity contribution in [1.82, 2.24) is 0 Å². The predicted molar refractivity (Wildman–Crippen MR) is 79.6 cm³/mol. The number of aliphatic hydroxyl groups excluding tert-OH is 1. The van der Waals surface area contributed by atoms with Crippen LogP contribution in [0.2, 0.25) is 0 Å². The van der Waals surface area contributed by atoms with Gasteiger partial charge in [-0.1, -0.05) is 44.9 Å². The maximum absolute atomic E-state index is 7.88. The molecule has 1 aromatic rings. The summed E-state index contributed by atoms with van der Waals surface area (Å²) in [6.07, 6.45) is 4.53. The maximum atomic E-state index is 7.88. The topological polar surface area (TPSA) is 29.5 Å². The van der Waals surface area contributed by atoms with Crippen LogP contribution < -0.4 is 4.74 Å². The van der Waals surface area contributed by atoms with Gasteiger partial charge in [0.25, 0.3) is 0 Å². The van der Waals surface area contributed by atoms with Crippen LogP contribution in [0.5, 0.6) is 5.75 Å². The first-order chi connectivity index (χ1) is 8.76. The van der Waals surface area contributed by atoms with Gasteiger partial charge in [-0.2, -0.15) is 6.42 Å². The zero-order valence-electron chi connectivity index (χ0n) is 12.4. The van der Waals surface area contributed by atoms with E-state index in [-0.39, 0.29) is 31.1 Å². The molecular weight excluding hydrogens is 462 g/mol. The van der Waals surface area contributed by atoms with E-state index in [0.717, 1.165) is 18.6 Å². The van der Waals surface area contributed by atoms with Crippen molar-refractivity contribution in [1.29, 1.82) is 0 Å². The molecule has 0 aliphatic heterocycles. The van der Waals surface area contributed by atoms with Crippen LogP contribution in [0, 0.1) is 45.0 Å². The van der Waals surface area contributed by atoms with Gasteiger partial charge in [0.2, 0.25) is 0 Å². The SMILES string of the molecule is CCCO.[CH2-]CCCC.[CH2-]COc1ccccc1.[U+2]. The summed E-state index contributed by atoms with van der Waals surface area (Å²) < 4.78 is 5.09. The summed E-state index contributed by atoms with van der Waals surface area (Å²) >= 11 is 0. The third kappa shape index (κ3) is 23.5. The molecule has 0 spiro atoms. The Morgan fingerprint density at radius 3 is 1.84 bits per heavy atom. The predicted octanol–water partition coefficient (Wildman–Crippen LogP) is 4.30. The van der Waals surface area contributed by atoms with Crippen LogP contribution >= 0.6 is 0 Å². The van der Waals surface area contributed by atoms with E-state index in [1.165, 1.54) is 12.8 Å². The summed E-state index contributed by atoms with van der Waals surface area (Å²) in [6, 6.07) is 9.64. The largest absolute Gasteiger partial charge is 2.00 e. The molecule has 0 aromatic heterocycles. The van der Waals surface area contributed by atoms with Gasteiger partial charge in [0.05, 0.1) is 0 Å². The molecule has 0 aliphatic rings. The van der Waals surface area contributed by atoms with E-state index >= 15 is 0 Å². The van der Waals surface area contributed by atoms with Gasteiger partial charge in [-0.3, -0.25) is 0 Å². The fourth-order valence-electron chi connectivity index (χ4n) is 0.885. The van der Waals surface area contributed by atoms with E-state index in [0.29, 0.717) is 13.2 Å². The van der Waals surface area contributed by atoms with Gasteiger partial charge in [0, 0.05) is 6.61 Å². The molecule has 0 saturated heterocycles. The van der Waals surface area contributed by atoms with Crippen LogP contribution in [0.15, 0.2) is 30.3 Å². The molecule has 0 fully saturated rings. The smallest absolute Gasteiger partial charge is 0.525 e. The molecule has 1 N–H and O–H groups in total. The van der Waals surface area contributed by atoms with Gasteiger partial charge in [0.15, 0.2) is 0 Å². The second-order valence-electron chi connectivity index (χ2n) is 3.59. The molecule has 1 rings (SSSR count). The van der Waals surface area contributed by atoms with Crippen LogP contribution in [0.1, 0.15) is 39.5 Å². The monoisotopic (exact) mass is 490 g/mol. The van der Waals surface area contributed by atoms with Gasteiger partial charge in [-0.25, -0.2) is 0 Å². The average molecular weight is 490 g/mol. The zero-order valence-corrected chi connectivity index (χ0v) is 16.6. The Kier molecular flexibility index (Phi) is 29.3. The molecule has 1 aromatic carbocycles. The van der Waals surface area contributed by atoms with E-state index in [2.05, 4.69) is 20.8 Å². The summed E-state index contributed by atoms with van der Waals surface area (Å²) in [5.74, 6) is 0.882. The standard InChI is InChI=1S/C8H9O.C5H11.C3H8O.U/c1-2-9-8-6-4-3-5-7-8;1-3-5-4-2;1-2-3-4;/h3-7H,1-2H2;1,3-5H2,2H3;4H,2-3H2,1H3;/q2*-1;;+2. The second-order valence-corrected chi connectivity index (χ2v) is 3.59. The van der Waals surface area contributed by atoms with Crippen molar-refractivity contribution in [3.05, 3.63) is 44.2 Å². The van der Waals surface area contributed by atoms with Crippen molar-refractivity contribution >= 4 is 0 Å². The molecule has 108 valence electrons. The fourth-order valence-corrected chi connectivity index (χ4v) is 0.885. The summed E-state index contributed by atoms with van der Waals surface area (Å²) in [5, 5.41) is 7.88. The minimum atomic E-state index is 0. The molecule has 3 heteroatoms. The van der Waals surface area contributed by atoms with Gasteiger partial charge >= 0.3 is 31.1 Å². The summed E-state index contributed by atoms with van der Waals surface area (Å²) in [5.41, 5.74) is 0. The maximum Gasteiger partial charge on any atom is 2.00 e. The molecule has 0 bridgehead atoms. The number of aliphatic hydroxyl groups is 1. The van der Waals surface area contributed by atoms with Gasteiger partial charge in [0.1, 0.15) is 5.75 Å². The molecule has 0 amide bonds. The van der Waals surface area contributed by atoms with Crippen molar-refractivity contribution in [3.63, 3.8) is 0 Å². The number of para-hydroxylation sites is 1.